The zero-order valence-electron chi connectivity index (χ0n) is 27.0. The number of hydrogen-bond acceptors (Lipinski definition) is 16. The molecule has 7 rings (SSSR count). The van der Waals surface area contributed by atoms with Gasteiger partial charge in [-0.25, -0.2) is 4.42 Å². The van der Waals surface area contributed by atoms with E-state index in [0.29, 0.717) is 0 Å². The molecule has 5 aromatic rings. The van der Waals surface area contributed by atoms with Gasteiger partial charge in [-0.1, -0.05) is 6.07 Å². The number of rotatable bonds is 6. The minimum absolute atomic E-state index is 0.00582. The van der Waals surface area contributed by atoms with E-state index in [1.165, 1.54) is 12.1 Å². The fourth-order valence-corrected chi connectivity index (χ4v) is 6.66. The number of hydrogen-bond donors (Lipinski definition) is 13. The Bertz CT molecular complexity index is 2220. The Morgan fingerprint density at radius 1 is 0.623 bits per heavy atom. The summed E-state index contributed by atoms with van der Waals surface area (Å²) in [5.74, 6) is -6.76. The third-order valence-corrected chi connectivity index (χ3v) is 9.31. The van der Waals surface area contributed by atoms with E-state index < -0.39 is 101 Å². The average Bonchev–Trinajstić information content (AvgIpc) is 3.11. The second kappa shape index (κ2) is 13.2. The third kappa shape index (κ3) is 6.00. The number of phenols is 8. The monoisotopic (exact) mass is 737 g/mol. The van der Waals surface area contributed by atoms with Gasteiger partial charge in [0.25, 0.3) is 0 Å². The van der Waals surface area contributed by atoms with Crippen LogP contribution >= 0.6 is 0 Å². The maximum absolute atomic E-state index is 12.0. The van der Waals surface area contributed by atoms with Crippen molar-refractivity contribution in [3.8, 4) is 68.8 Å². The first-order valence-corrected chi connectivity index (χ1v) is 16.0. The van der Waals surface area contributed by atoms with Gasteiger partial charge in [0.2, 0.25) is 12.0 Å². The highest BCUT2D eigenvalue weighted by Gasteiger charge is 2.48. The van der Waals surface area contributed by atoms with Crippen LogP contribution in [0.5, 0.6) is 57.5 Å². The van der Waals surface area contributed by atoms with Crippen molar-refractivity contribution < 1.29 is 85.0 Å². The molecular formula is C36H33O17+. The molecule has 3 heterocycles. The number of aliphatic hydroxyl groups excluding tert-OH is 5. The van der Waals surface area contributed by atoms with Crippen LogP contribution in [0.4, 0.5) is 0 Å². The molecule has 0 bridgehead atoms. The number of phenolic OH excluding ortho intramolecular Hbond substituents is 8. The minimum Gasteiger partial charge on any atom is -0.508 e. The molecule has 0 radical (unpaired) electrons. The summed E-state index contributed by atoms with van der Waals surface area (Å²) < 4.78 is 23.7. The lowest BCUT2D eigenvalue weighted by Crippen LogP contribution is -2.60. The lowest BCUT2D eigenvalue weighted by atomic mass is 9.78. The van der Waals surface area contributed by atoms with Gasteiger partial charge in [-0.05, 0) is 29.8 Å². The maximum Gasteiger partial charge on any atom is 0.402 e. The van der Waals surface area contributed by atoms with Crippen molar-refractivity contribution >= 4 is 11.0 Å². The van der Waals surface area contributed by atoms with E-state index in [9.17, 15) is 66.4 Å². The topological polar surface area (TPSA) is 302 Å². The number of benzene rings is 4. The van der Waals surface area contributed by atoms with Crippen molar-refractivity contribution in [1.29, 1.82) is 0 Å². The molecule has 1 fully saturated rings. The van der Waals surface area contributed by atoms with E-state index in [1.807, 2.05) is 0 Å². The van der Waals surface area contributed by atoms with Gasteiger partial charge in [0, 0.05) is 35.9 Å². The fourth-order valence-electron chi connectivity index (χ4n) is 6.66. The molecule has 4 aromatic carbocycles. The number of fused-ring (bicyclic) bond motifs is 2. The average molecular weight is 738 g/mol. The molecule has 0 amide bonds. The van der Waals surface area contributed by atoms with Gasteiger partial charge >= 0.3 is 11.3 Å². The van der Waals surface area contributed by atoms with Gasteiger partial charge in [-0.15, -0.1) is 0 Å². The smallest absolute Gasteiger partial charge is 0.402 e. The Morgan fingerprint density at radius 3 is 1.98 bits per heavy atom. The van der Waals surface area contributed by atoms with E-state index in [1.54, 1.807) is 0 Å². The van der Waals surface area contributed by atoms with Crippen molar-refractivity contribution in [2.75, 3.05) is 6.61 Å². The molecule has 2 aliphatic heterocycles. The van der Waals surface area contributed by atoms with Gasteiger partial charge in [0.05, 0.1) is 18.1 Å². The van der Waals surface area contributed by atoms with Gasteiger partial charge in [0.15, 0.2) is 29.1 Å². The van der Waals surface area contributed by atoms with Crippen LogP contribution in [0.3, 0.4) is 0 Å². The van der Waals surface area contributed by atoms with Crippen molar-refractivity contribution in [1.82, 2.24) is 0 Å². The molecule has 1 aromatic heterocycles. The molecular weight excluding hydrogens is 704 g/mol. The maximum atomic E-state index is 12.0. The summed E-state index contributed by atoms with van der Waals surface area (Å²) in [5, 5.41) is 137. The second-order valence-corrected chi connectivity index (χ2v) is 12.7. The van der Waals surface area contributed by atoms with Crippen LogP contribution in [0.1, 0.15) is 28.7 Å². The van der Waals surface area contributed by atoms with Gasteiger partial charge in [-0.2, -0.15) is 0 Å². The molecule has 53 heavy (non-hydrogen) atoms. The first-order chi connectivity index (χ1) is 25.2. The van der Waals surface area contributed by atoms with Crippen LogP contribution in [0, 0.1) is 0 Å². The Morgan fingerprint density at radius 2 is 1.30 bits per heavy atom. The summed E-state index contributed by atoms with van der Waals surface area (Å²) in [6.45, 7) is -0.778. The molecule has 1 saturated heterocycles. The SMILES string of the molecule is OC[C@H]1O[C@@H](Oc2cc3c(O)cc(O)c(C4c5c(O)cc(O)cc5OC(c5ccc(O)c(O)c5)C4O)c3[o+]c2-c2ccc(O)c(O)c2)[C@H](O)[C@@H](O)[C@@H]1O. The molecule has 2 aliphatic rings. The Kier molecular flexibility index (Phi) is 8.85. The quantitative estimate of drug-likeness (QED) is 0.0873. The van der Waals surface area contributed by atoms with Crippen LogP contribution in [-0.4, -0.2) is 110 Å². The van der Waals surface area contributed by atoms with Crippen molar-refractivity contribution in [2.24, 2.45) is 0 Å². The van der Waals surface area contributed by atoms with Crippen molar-refractivity contribution in [3.63, 3.8) is 0 Å². The van der Waals surface area contributed by atoms with Crippen LogP contribution in [0.2, 0.25) is 0 Å². The highest BCUT2D eigenvalue weighted by Crippen LogP contribution is 2.55. The summed E-state index contributed by atoms with van der Waals surface area (Å²) in [5.41, 5.74) is -0.622. The lowest BCUT2D eigenvalue weighted by molar-refractivity contribution is -0.277. The Balaban J connectivity index is 1.47. The second-order valence-electron chi connectivity index (χ2n) is 12.7. The summed E-state index contributed by atoms with van der Waals surface area (Å²) in [6.07, 6.45) is -11.7. The van der Waals surface area contributed by atoms with Crippen LogP contribution < -0.4 is 9.47 Å². The number of aromatic hydroxyl groups is 8. The van der Waals surface area contributed by atoms with E-state index in [0.717, 1.165) is 48.5 Å². The molecule has 17 heteroatoms. The highest BCUT2D eigenvalue weighted by atomic mass is 16.7. The summed E-state index contributed by atoms with van der Waals surface area (Å²) in [6, 6.07) is 11.2. The predicted molar refractivity (Wildman–Crippen MR) is 178 cm³/mol. The van der Waals surface area contributed by atoms with Gasteiger partial charge in [-0.3, -0.25) is 0 Å². The molecule has 3 unspecified atom stereocenters. The zero-order valence-corrected chi connectivity index (χ0v) is 27.0. The molecule has 13 N–H and O–H groups in total. The molecule has 8 atom stereocenters. The van der Waals surface area contributed by atoms with E-state index in [-0.39, 0.29) is 50.5 Å². The molecule has 0 aliphatic carbocycles. The normalized spacial score (nSPS) is 25.5. The summed E-state index contributed by atoms with van der Waals surface area (Å²) >= 11 is 0. The van der Waals surface area contributed by atoms with Crippen molar-refractivity contribution in [2.45, 2.75) is 48.8 Å². The Hall–Kier alpha value is -5.95. The molecule has 278 valence electrons. The minimum atomic E-state index is -1.89. The number of aliphatic hydroxyl groups is 5. The van der Waals surface area contributed by atoms with E-state index in [2.05, 4.69) is 0 Å². The Labute approximate surface area is 297 Å². The van der Waals surface area contributed by atoms with E-state index >= 15 is 0 Å². The van der Waals surface area contributed by atoms with Gasteiger partial charge < -0.3 is 80.6 Å². The first kappa shape index (κ1) is 35.5. The van der Waals surface area contributed by atoms with Crippen LogP contribution in [-0.2, 0) is 4.74 Å². The predicted octanol–water partition coefficient (Wildman–Crippen LogP) is 1.83. The third-order valence-electron chi connectivity index (χ3n) is 9.31. The van der Waals surface area contributed by atoms with Crippen molar-refractivity contribution in [3.05, 3.63) is 77.4 Å². The first-order valence-electron chi connectivity index (χ1n) is 16.0. The molecule has 0 spiro atoms. The summed E-state index contributed by atoms with van der Waals surface area (Å²) in [4.78, 5) is 0. The van der Waals surface area contributed by atoms with Crippen LogP contribution in [0.15, 0.2) is 65.1 Å². The largest absolute Gasteiger partial charge is 0.508 e. The zero-order chi connectivity index (χ0) is 38.0. The van der Waals surface area contributed by atoms with E-state index in [4.69, 9.17) is 18.6 Å². The standard InChI is InChI=1S/C36H32O17/c37-11-25-29(46)31(48)32(49)36(52-25)51-24-9-15-18(41)10-22(45)27(35(15)53-33(24)12-1-3-16(39)19(42)5-12)28-26-21(44)7-14(38)8-23(26)50-34(30(28)47)13-2-4-17(40)20(43)6-13/h1-10,25,28-32,34,36-37,46-49H,11H2,(H7-,38,39,40,41,42,43,44,45)/p+1/t25-,28?,29-,30?,31+,32-,34?,36-/m1/s1. The lowest BCUT2D eigenvalue weighted by Gasteiger charge is -2.39. The molecule has 17 nitrogen and oxygen atoms in total. The fraction of sp³-hybridized carbons (Fsp3) is 0.250. The number of ether oxygens (including phenoxy) is 3. The molecule has 0 saturated carbocycles. The van der Waals surface area contributed by atoms with Crippen LogP contribution in [0.25, 0.3) is 22.3 Å². The van der Waals surface area contributed by atoms with Gasteiger partial charge in [0.1, 0.15) is 70.2 Å². The highest BCUT2D eigenvalue weighted by molar-refractivity contribution is 5.92. The summed E-state index contributed by atoms with van der Waals surface area (Å²) in [7, 11) is 0.